The van der Waals surface area contributed by atoms with Crippen LogP contribution < -0.4 is 11.1 Å². The molecule has 1 aromatic carbocycles. The highest BCUT2D eigenvalue weighted by Crippen LogP contribution is 2.26. The lowest BCUT2D eigenvalue weighted by molar-refractivity contribution is -0.126. The van der Waals surface area contributed by atoms with Crippen molar-refractivity contribution in [2.24, 2.45) is 11.7 Å². The Morgan fingerprint density at radius 2 is 1.95 bits per heavy atom. The molecular formula is C15H21ClN2O. The number of nitrogens with two attached hydrogens (primary N) is 1. The predicted octanol–water partition coefficient (Wildman–Crippen LogP) is 3.03. The number of rotatable bonds is 3. The van der Waals surface area contributed by atoms with E-state index >= 15 is 0 Å². The molecule has 0 bridgehead atoms. The molecule has 0 saturated heterocycles. The van der Waals surface area contributed by atoms with Crippen LogP contribution in [0.5, 0.6) is 0 Å². The summed E-state index contributed by atoms with van der Waals surface area (Å²) in [7, 11) is 0. The first kappa shape index (κ1) is 14.4. The van der Waals surface area contributed by atoms with Gasteiger partial charge in [0.25, 0.3) is 0 Å². The third-order valence-corrected chi connectivity index (χ3v) is 4.22. The molecule has 1 amide bonds. The number of benzene rings is 1. The molecule has 3 N–H and O–H groups in total. The van der Waals surface area contributed by atoms with E-state index in [0.717, 1.165) is 31.2 Å². The van der Waals surface area contributed by atoms with Crippen molar-refractivity contribution in [1.29, 1.82) is 0 Å². The summed E-state index contributed by atoms with van der Waals surface area (Å²) in [4.78, 5) is 12.2. The number of nitrogens with one attached hydrogen (secondary N) is 1. The van der Waals surface area contributed by atoms with Crippen LogP contribution in [-0.4, -0.2) is 11.9 Å². The number of carbonyl (C=O) groups is 1. The lowest BCUT2D eigenvalue weighted by Crippen LogP contribution is -2.37. The Bertz CT molecular complexity index is 442. The Kier molecular flexibility index (Phi) is 4.83. The fourth-order valence-electron chi connectivity index (χ4n) is 2.62. The maximum Gasteiger partial charge on any atom is 0.223 e. The first-order valence-corrected chi connectivity index (χ1v) is 7.26. The number of halogens is 1. The molecule has 1 fully saturated rings. The zero-order valence-corrected chi connectivity index (χ0v) is 12.0. The van der Waals surface area contributed by atoms with Crippen molar-refractivity contribution < 1.29 is 4.79 Å². The van der Waals surface area contributed by atoms with Gasteiger partial charge >= 0.3 is 0 Å². The average molecular weight is 281 g/mol. The minimum absolute atomic E-state index is 0.0585. The third-order valence-electron chi connectivity index (χ3n) is 3.87. The van der Waals surface area contributed by atoms with Crippen molar-refractivity contribution in [3.63, 3.8) is 0 Å². The van der Waals surface area contributed by atoms with Crippen LogP contribution in [0.3, 0.4) is 0 Å². The van der Waals surface area contributed by atoms with E-state index in [1.807, 2.05) is 31.2 Å². The van der Waals surface area contributed by atoms with Gasteiger partial charge in [-0.2, -0.15) is 0 Å². The molecule has 4 heteroatoms. The topological polar surface area (TPSA) is 55.1 Å². The second kappa shape index (κ2) is 6.40. The highest BCUT2D eigenvalue weighted by molar-refractivity contribution is 6.31. The second-order valence-electron chi connectivity index (χ2n) is 5.36. The van der Waals surface area contributed by atoms with Crippen LogP contribution in [-0.2, 0) is 4.79 Å². The van der Waals surface area contributed by atoms with Gasteiger partial charge in [-0.05, 0) is 44.2 Å². The number of carbonyl (C=O) groups excluding carboxylic acids is 1. The fraction of sp³-hybridized carbons (Fsp3) is 0.533. The maximum absolute atomic E-state index is 12.2. The quantitative estimate of drug-likeness (QED) is 0.894. The van der Waals surface area contributed by atoms with Gasteiger partial charge in [-0.25, -0.2) is 0 Å². The molecule has 104 valence electrons. The van der Waals surface area contributed by atoms with E-state index in [1.54, 1.807) is 0 Å². The molecule has 1 aromatic rings. The molecule has 1 atom stereocenters. The summed E-state index contributed by atoms with van der Waals surface area (Å²) < 4.78 is 0. The third kappa shape index (κ3) is 3.71. The Balaban J connectivity index is 1.94. The normalized spacial score (nSPS) is 24.8. The minimum atomic E-state index is -0.0585. The van der Waals surface area contributed by atoms with Crippen LogP contribution in [0, 0.1) is 5.92 Å². The summed E-state index contributed by atoms with van der Waals surface area (Å²) in [5, 5.41) is 3.75. The Morgan fingerprint density at radius 3 is 2.58 bits per heavy atom. The summed E-state index contributed by atoms with van der Waals surface area (Å²) in [5.41, 5.74) is 6.82. The lowest BCUT2D eigenvalue weighted by Gasteiger charge is -2.26. The van der Waals surface area contributed by atoms with Gasteiger partial charge in [0.2, 0.25) is 5.91 Å². The van der Waals surface area contributed by atoms with Gasteiger partial charge in [-0.3, -0.25) is 4.79 Å². The summed E-state index contributed by atoms with van der Waals surface area (Å²) in [6, 6.07) is 7.83. The van der Waals surface area contributed by atoms with Crippen LogP contribution in [0.25, 0.3) is 0 Å². The average Bonchev–Trinajstić information content (AvgIpc) is 2.39. The van der Waals surface area contributed by atoms with Crippen LogP contribution in [0.1, 0.15) is 44.2 Å². The fourth-order valence-corrected chi connectivity index (χ4v) is 2.92. The van der Waals surface area contributed by atoms with E-state index in [9.17, 15) is 4.79 Å². The molecule has 3 nitrogen and oxygen atoms in total. The first-order valence-electron chi connectivity index (χ1n) is 6.88. The summed E-state index contributed by atoms with van der Waals surface area (Å²) in [6.07, 6.45) is 3.67. The molecule has 0 heterocycles. The molecule has 1 unspecified atom stereocenters. The zero-order chi connectivity index (χ0) is 13.8. The van der Waals surface area contributed by atoms with Gasteiger partial charge in [0.05, 0.1) is 6.04 Å². The van der Waals surface area contributed by atoms with E-state index in [2.05, 4.69) is 5.32 Å². The molecule has 19 heavy (non-hydrogen) atoms. The zero-order valence-electron chi connectivity index (χ0n) is 11.2. The van der Waals surface area contributed by atoms with Crippen molar-refractivity contribution in [2.75, 3.05) is 0 Å². The van der Waals surface area contributed by atoms with Crippen LogP contribution >= 0.6 is 11.6 Å². The minimum Gasteiger partial charge on any atom is -0.349 e. The maximum atomic E-state index is 12.2. The van der Waals surface area contributed by atoms with E-state index in [0.29, 0.717) is 5.02 Å². The Labute approximate surface area is 119 Å². The molecule has 1 aliphatic rings. The van der Waals surface area contributed by atoms with Crippen molar-refractivity contribution in [1.82, 2.24) is 5.32 Å². The van der Waals surface area contributed by atoms with Gasteiger partial charge < -0.3 is 11.1 Å². The van der Waals surface area contributed by atoms with Crippen molar-refractivity contribution in [2.45, 2.75) is 44.7 Å². The molecule has 0 aliphatic heterocycles. The highest BCUT2D eigenvalue weighted by Gasteiger charge is 2.25. The molecule has 0 aromatic heterocycles. The summed E-state index contributed by atoms with van der Waals surface area (Å²) >= 11 is 6.14. The van der Waals surface area contributed by atoms with Crippen molar-refractivity contribution in [3.05, 3.63) is 34.9 Å². The molecular weight excluding hydrogens is 260 g/mol. The largest absolute Gasteiger partial charge is 0.349 e. The van der Waals surface area contributed by atoms with E-state index in [-0.39, 0.29) is 23.9 Å². The first-order chi connectivity index (χ1) is 9.08. The van der Waals surface area contributed by atoms with Gasteiger partial charge in [0.1, 0.15) is 0 Å². The van der Waals surface area contributed by atoms with Gasteiger partial charge in [-0.15, -0.1) is 0 Å². The smallest absolute Gasteiger partial charge is 0.223 e. The van der Waals surface area contributed by atoms with Crippen LogP contribution in [0.15, 0.2) is 24.3 Å². The number of hydrogen-bond donors (Lipinski definition) is 2. The van der Waals surface area contributed by atoms with Gasteiger partial charge in [-0.1, -0.05) is 29.8 Å². The Morgan fingerprint density at radius 1 is 1.32 bits per heavy atom. The molecule has 1 aliphatic carbocycles. The van der Waals surface area contributed by atoms with Crippen LogP contribution in [0.4, 0.5) is 0 Å². The highest BCUT2D eigenvalue weighted by atomic mass is 35.5. The predicted molar refractivity (Wildman–Crippen MR) is 77.9 cm³/mol. The van der Waals surface area contributed by atoms with E-state index < -0.39 is 0 Å². The van der Waals surface area contributed by atoms with Crippen molar-refractivity contribution >= 4 is 17.5 Å². The van der Waals surface area contributed by atoms with Crippen LogP contribution in [0.2, 0.25) is 5.02 Å². The summed E-state index contributed by atoms with van der Waals surface area (Å²) in [5.74, 6) is 0.226. The number of hydrogen-bond acceptors (Lipinski definition) is 2. The monoisotopic (exact) mass is 280 g/mol. The number of amides is 1. The lowest BCUT2D eigenvalue weighted by atomic mass is 9.85. The molecule has 0 radical (unpaired) electrons. The summed E-state index contributed by atoms with van der Waals surface area (Å²) in [6.45, 7) is 1.97. The van der Waals surface area contributed by atoms with E-state index in [1.165, 1.54) is 0 Å². The SMILES string of the molecule is CC(NC(=O)C1CCC(N)CC1)c1ccccc1Cl. The molecule has 0 spiro atoms. The molecule has 1 saturated carbocycles. The molecule has 2 rings (SSSR count). The standard InChI is InChI=1S/C15H21ClN2O/c1-10(13-4-2-3-5-14(13)16)18-15(19)11-6-8-12(17)9-7-11/h2-5,10-12H,6-9,17H2,1H3,(H,18,19). The van der Waals surface area contributed by atoms with Gasteiger partial charge in [0.15, 0.2) is 0 Å². The van der Waals surface area contributed by atoms with E-state index in [4.69, 9.17) is 17.3 Å². The second-order valence-corrected chi connectivity index (χ2v) is 5.77. The Hall–Kier alpha value is -1.06. The van der Waals surface area contributed by atoms with Gasteiger partial charge in [0, 0.05) is 17.0 Å². The van der Waals surface area contributed by atoms with Crippen molar-refractivity contribution in [3.8, 4) is 0 Å².